The molecular formula is C16H15FN2O2. The molecule has 0 bridgehead atoms. The molecule has 0 saturated heterocycles. The molecule has 0 aliphatic rings. The topological polar surface area (TPSA) is 68.3 Å². The maximum absolute atomic E-state index is 13.3. The van der Waals surface area contributed by atoms with Crippen molar-refractivity contribution in [3.05, 3.63) is 58.9 Å². The van der Waals surface area contributed by atoms with Crippen molar-refractivity contribution in [2.45, 2.75) is 13.2 Å². The van der Waals surface area contributed by atoms with Crippen molar-refractivity contribution in [2.24, 2.45) is 5.73 Å². The first-order chi connectivity index (χ1) is 10.2. The van der Waals surface area contributed by atoms with E-state index in [1.54, 1.807) is 25.3 Å². The molecular weight excluding hydrogens is 271 g/mol. The zero-order valence-corrected chi connectivity index (χ0v) is 11.6. The standard InChI is InChI=1S/C16H15FN2O2/c1-20-15-4-2-3-12(8-18)16(15)21-10-11-5-6-14(17)13(7-11)9-19/h2-7H,8,10,18H2,1H3. The number of rotatable bonds is 5. The van der Waals surface area contributed by atoms with E-state index in [4.69, 9.17) is 20.5 Å². The molecule has 2 aromatic carbocycles. The summed E-state index contributed by atoms with van der Waals surface area (Å²) in [4.78, 5) is 0. The van der Waals surface area contributed by atoms with Crippen LogP contribution in [0.25, 0.3) is 0 Å². The maximum Gasteiger partial charge on any atom is 0.166 e. The molecule has 0 aliphatic heterocycles. The van der Waals surface area contributed by atoms with Crippen LogP contribution in [0, 0.1) is 17.1 Å². The molecule has 2 aromatic rings. The highest BCUT2D eigenvalue weighted by Crippen LogP contribution is 2.31. The lowest BCUT2D eigenvalue weighted by Gasteiger charge is -2.14. The lowest BCUT2D eigenvalue weighted by Crippen LogP contribution is -2.04. The molecule has 0 heterocycles. The predicted molar refractivity (Wildman–Crippen MR) is 76.3 cm³/mol. The molecule has 4 nitrogen and oxygen atoms in total. The molecule has 2 N–H and O–H groups in total. The van der Waals surface area contributed by atoms with Crippen LogP contribution in [0.3, 0.4) is 0 Å². The molecule has 108 valence electrons. The van der Waals surface area contributed by atoms with Crippen LogP contribution in [-0.2, 0) is 13.2 Å². The van der Waals surface area contributed by atoms with Gasteiger partial charge in [-0.05, 0) is 23.8 Å². The van der Waals surface area contributed by atoms with Crippen LogP contribution in [-0.4, -0.2) is 7.11 Å². The van der Waals surface area contributed by atoms with Crippen LogP contribution < -0.4 is 15.2 Å². The van der Waals surface area contributed by atoms with Crippen LogP contribution in [0.1, 0.15) is 16.7 Å². The first-order valence-corrected chi connectivity index (χ1v) is 6.37. The number of halogens is 1. The Balaban J connectivity index is 2.22. The normalized spacial score (nSPS) is 10.0. The zero-order chi connectivity index (χ0) is 15.2. The van der Waals surface area contributed by atoms with Gasteiger partial charge in [-0.3, -0.25) is 0 Å². The van der Waals surface area contributed by atoms with Crippen molar-refractivity contribution in [1.29, 1.82) is 5.26 Å². The van der Waals surface area contributed by atoms with Gasteiger partial charge in [0.2, 0.25) is 0 Å². The molecule has 0 aliphatic carbocycles. The van der Waals surface area contributed by atoms with Crippen molar-refractivity contribution >= 4 is 0 Å². The molecule has 0 atom stereocenters. The number of nitrogens with two attached hydrogens (primary N) is 1. The Bertz CT molecular complexity index is 658. The molecule has 0 amide bonds. The number of nitriles is 1. The molecule has 21 heavy (non-hydrogen) atoms. The smallest absolute Gasteiger partial charge is 0.166 e. The van der Waals surface area contributed by atoms with E-state index in [-0.39, 0.29) is 12.2 Å². The minimum absolute atomic E-state index is 0.00447. The van der Waals surface area contributed by atoms with Gasteiger partial charge in [0.25, 0.3) is 0 Å². The lowest BCUT2D eigenvalue weighted by molar-refractivity contribution is 0.281. The lowest BCUT2D eigenvalue weighted by atomic mass is 10.1. The third kappa shape index (κ3) is 3.30. The summed E-state index contributed by atoms with van der Waals surface area (Å²) in [7, 11) is 1.55. The van der Waals surface area contributed by atoms with E-state index in [2.05, 4.69) is 0 Å². The van der Waals surface area contributed by atoms with E-state index in [1.165, 1.54) is 12.1 Å². The number of nitrogens with zero attached hydrogens (tertiary/aromatic N) is 1. The molecule has 2 rings (SSSR count). The fraction of sp³-hybridized carbons (Fsp3) is 0.188. The molecule has 0 spiro atoms. The fourth-order valence-corrected chi connectivity index (χ4v) is 1.95. The SMILES string of the molecule is COc1cccc(CN)c1OCc1ccc(F)c(C#N)c1. The van der Waals surface area contributed by atoms with Gasteiger partial charge in [0.15, 0.2) is 11.5 Å². The highest BCUT2D eigenvalue weighted by atomic mass is 19.1. The van der Waals surface area contributed by atoms with Crippen molar-refractivity contribution in [3.63, 3.8) is 0 Å². The van der Waals surface area contributed by atoms with Crippen LogP contribution in [0.15, 0.2) is 36.4 Å². The Morgan fingerprint density at radius 3 is 2.76 bits per heavy atom. The molecule has 0 saturated carbocycles. The van der Waals surface area contributed by atoms with Crippen molar-refractivity contribution in [2.75, 3.05) is 7.11 Å². The Labute approximate surface area is 122 Å². The predicted octanol–water partition coefficient (Wildman–Crippen LogP) is 2.74. The number of methoxy groups -OCH3 is 1. The van der Waals surface area contributed by atoms with E-state index >= 15 is 0 Å². The fourth-order valence-electron chi connectivity index (χ4n) is 1.95. The Kier molecular flexibility index (Phi) is 4.75. The molecule has 5 heteroatoms. The third-order valence-corrected chi connectivity index (χ3v) is 3.03. The van der Waals surface area contributed by atoms with Crippen LogP contribution in [0.4, 0.5) is 4.39 Å². The van der Waals surface area contributed by atoms with E-state index < -0.39 is 5.82 Å². The second kappa shape index (κ2) is 6.73. The van der Waals surface area contributed by atoms with Gasteiger partial charge in [-0.2, -0.15) is 5.26 Å². The first kappa shape index (κ1) is 14.8. The van der Waals surface area contributed by atoms with Crippen LogP contribution in [0.2, 0.25) is 0 Å². The zero-order valence-electron chi connectivity index (χ0n) is 11.6. The maximum atomic E-state index is 13.3. The summed E-state index contributed by atoms with van der Waals surface area (Å²) in [6, 6.07) is 11.6. The monoisotopic (exact) mass is 286 g/mol. The first-order valence-electron chi connectivity index (χ1n) is 6.37. The van der Waals surface area contributed by atoms with Crippen molar-refractivity contribution < 1.29 is 13.9 Å². The third-order valence-electron chi connectivity index (χ3n) is 3.03. The van der Waals surface area contributed by atoms with E-state index in [1.807, 2.05) is 12.1 Å². The Morgan fingerprint density at radius 2 is 2.10 bits per heavy atom. The number of hydrogen-bond acceptors (Lipinski definition) is 4. The summed E-state index contributed by atoms with van der Waals surface area (Å²) in [5.41, 5.74) is 7.19. The van der Waals surface area contributed by atoms with Gasteiger partial charge in [-0.25, -0.2) is 4.39 Å². The summed E-state index contributed by atoms with van der Waals surface area (Å²) in [5.74, 6) is 0.604. The van der Waals surface area contributed by atoms with Gasteiger partial charge >= 0.3 is 0 Å². The highest BCUT2D eigenvalue weighted by Gasteiger charge is 2.10. The van der Waals surface area contributed by atoms with E-state index in [9.17, 15) is 4.39 Å². The van der Waals surface area contributed by atoms with Crippen LogP contribution >= 0.6 is 0 Å². The molecule has 0 fully saturated rings. The second-order valence-electron chi connectivity index (χ2n) is 4.37. The number of benzene rings is 2. The average molecular weight is 286 g/mol. The van der Waals surface area contributed by atoms with E-state index in [0.29, 0.717) is 23.6 Å². The average Bonchev–Trinajstić information content (AvgIpc) is 2.53. The van der Waals surface area contributed by atoms with Gasteiger partial charge in [0, 0.05) is 12.1 Å². The van der Waals surface area contributed by atoms with Gasteiger partial charge in [0.1, 0.15) is 18.5 Å². The molecule has 0 aromatic heterocycles. The molecule has 0 unspecified atom stereocenters. The highest BCUT2D eigenvalue weighted by molar-refractivity contribution is 5.46. The minimum atomic E-state index is -0.541. The summed E-state index contributed by atoms with van der Waals surface area (Å²) >= 11 is 0. The Morgan fingerprint density at radius 1 is 1.29 bits per heavy atom. The Hall–Kier alpha value is -2.58. The number of ether oxygens (including phenoxy) is 2. The van der Waals surface area contributed by atoms with Gasteiger partial charge in [-0.15, -0.1) is 0 Å². The summed E-state index contributed by atoms with van der Waals surface area (Å²) in [5, 5.41) is 8.83. The molecule has 0 radical (unpaired) electrons. The quantitative estimate of drug-likeness (QED) is 0.917. The second-order valence-corrected chi connectivity index (χ2v) is 4.37. The largest absolute Gasteiger partial charge is 0.493 e. The number of para-hydroxylation sites is 1. The van der Waals surface area contributed by atoms with Gasteiger partial charge < -0.3 is 15.2 Å². The van der Waals surface area contributed by atoms with Crippen molar-refractivity contribution in [1.82, 2.24) is 0 Å². The summed E-state index contributed by atoms with van der Waals surface area (Å²) < 4.78 is 24.3. The summed E-state index contributed by atoms with van der Waals surface area (Å²) in [6.45, 7) is 0.516. The van der Waals surface area contributed by atoms with E-state index in [0.717, 1.165) is 5.56 Å². The van der Waals surface area contributed by atoms with Gasteiger partial charge in [0.05, 0.1) is 12.7 Å². The van der Waals surface area contributed by atoms with Crippen molar-refractivity contribution in [3.8, 4) is 17.6 Å². The van der Waals surface area contributed by atoms with Gasteiger partial charge in [-0.1, -0.05) is 18.2 Å². The minimum Gasteiger partial charge on any atom is -0.493 e. The number of hydrogen-bond donors (Lipinski definition) is 1. The summed E-state index contributed by atoms with van der Waals surface area (Å²) in [6.07, 6.45) is 0. The van der Waals surface area contributed by atoms with Crippen LogP contribution in [0.5, 0.6) is 11.5 Å².